The number of halogens is 9. The van der Waals surface area contributed by atoms with Gasteiger partial charge in [0.2, 0.25) is 0 Å². The number of hydrogen-bond donors (Lipinski definition) is 2. The maximum absolute atomic E-state index is 14.8. The Morgan fingerprint density at radius 1 is 1.12 bits per heavy atom. The van der Waals surface area contributed by atoms with Crippen LogP contribution in [0.25, 0.3) is 5.83 Å². The molecular weight excluding hydrogens is 565 g/mol. The number of hydrogen-bond acceptors (Lipinski definition) is 2. The van der Waals surface area contributed by atoms with Crippen molar-refractivity contribution in [1.82, 2.24) is 10.4 Å². The predicted octanol–water partition coefficient (Wildman–Crippen LogP) is 7.03. The quantitative estimate of drug-likeness (QED) is 0.303. The summed E-state index contributed by atoms with van der Waals surface area (Å²) in [6.45, 7) is 0. The van der Waals surface area contributed by atoms with Gasteiger partial charge >= 0.3 is 18.4 Å². The standard InChI is InChI=1S/C20H13BrClF7N2O3/c1-31(18(33)34)30-17(32)11-4-2-10(6-13(11)20(27,28)29)16(23)8-12(19(24,25)26)9-3-5-15(22)14(21)7-9/h2-8,12H,1H3,(H,30,32)(H,33,34)/b16-8-. The van der Waals surface area contributed by atoms with E-state index in [2.05, 4.69) is 15.9 Å². The summed E-state index contributed by atoms with van der Waals surface area (Å²) >= 11 is 8.71. The second kappa shape index (κ2) is 10.2. The molecule has 2 aromatic carbocycles. The van der Waals surface area contributed by atoms with Crippen molar-refractivity contribution in [2.24, 2.45) is 0 Å². The van der Waals surface area contributed by atoms with Crippen molar-refractivity contribution in [2.45, 2.75) is 18.3 Å². The minimum atomic E-state index is -5.21. The van der Waals surface area contributed by atoms with E-state index in [0.29, 0.717) is 12.1 Å². The maximum atomic E-state index is 14.8. The first-order valence-corrected chi connectivity index (χ1v) is 10.1. The molecule has 0 spiro atoms. The molecule has 0 aliphatic heterocycles. The first kappa shape index (κ1) is 27.4. The Morgan fingerprint density at radius 2 is 1.74 bits per heavy atom. The molecule has 2 aromatic rings. The first-order valence-electron chi connectivity index (χ1n) is 8.90. The molecule has 184 valence electrons. The van der Waals surface area contributed by atoms with E-state index >= 15 is 0 Å². The number of nitrogens with one attached hydrogen (secondary N) is 1. The molecule has 0 aliphatic rings. The van der Waals surface area contributed by atoms with Gasteiger partial charge in [-0.15, -0.1) is 0 Å². The van der Waals surface area contributed by atoms with Gasteiger partial charge in [0.05, 0.1) is 16.1 Å². The molecule has 0 radical (unpaired) electrons. The lowest BCUT2D eigenvalue weighted by molar-refractivity contribution is -0.140. The molecule has 0 fully saturated rings. The van der Waals surface area contributed by atoms with Crippen LogP contribution in [0, 0.1) is 0 Å². The number of amides is 2. The fourth-order valence-corrected chi connectivity index (χ4v) is 3.23. The van der Waals surface area contributed by atoms with E-state index < -0.39 is 58.4 Å². The Kier molecular flexibility index (Phi) is 8.25. The van der Waals surface area contributed by atoms with Crippen molar-refractivity contribution in [2.75, 3.05) is 7.05 Å². The third-order valence-corrected chi connectivity index (χ3v) is 5.58. The van der Waals surface area contributed by atoms with Crippen LogP contribution in [0.2, 0.25) is 5.02 Å². The van der Waals surface area contributed by atoms with Crippen molar-refractivity contribution in [3.63, 3.8) is 0 Å². The largest absolute Gasteiger partial charge is 0.464 e. The summed E-state index contributed by atoms with van der Waals surface area (Å²) in [6.07, 6.45) is -11.8. The summed E-state index contributed by atoms with van der Waals surface area (Å²) in [5.74, 6) is -5.64. The maximum Gasteiger partial charge on any atom is 0.425 e. The number of rotatable bonds is 4. The smallest absolute Gasteiger partial charge is 0.425 e. The minimum Gasteiger partial charge on any atom is -0.464 e. The van der Waals surface area contributed by atoms with Gasteiger partial charge in [-0.25, -0.2) is 14.2 Å². The Bertz CT molecular complexity index is 1140. The lowest BCUT2D eigenvalue weighted by Gasteiger charge is -2.19. The van der Waals surface area contributed by atoms with Crippen LogP contribution in [0.1, 0.15) is 33.0 Å². The highest BCUT2D eigenvalue weighted by Gasteiger charge is 2.40. The lowest BCUT2D eigenvalue weighted by atomic mass is 9.95. The van der Waals surface area contributed by atoms with Gasteiger partial charge in [0.1, 0.15) is 11.7 Å². The average molecular weight is 578 g/mol. The fraction of sp³-hybridized carbons (Fsp3) is 0.200. The first-order chi connectivity index (χ1) is 15.5. The zero-order chi connectivity index (χ0) is 26.0. The number of benzene rings is 2. The van der Waals surface area contributed by atoms with Gasteiger partial charge in [-0.2, -0.15) is 26.3 Å². The predicted molar refractivity (Wildman–Crippen MR) is 112 cm³/mol. The van der Waals surface area contributed by atoms with Gasteiger partial charge in [-0.1, -0.05) is 23.7 Å². The molecule has 0 heterocycles. The van der Waals surface area contributed by atoms with Gasteiger partial charge in [-0.3, -0.25) is 10.2 Å². The molecular formula is C20H13BrClF7N2O3. The molecule has 1 atom stereocenters. The zero-order valence-electron chi connectivity index (χ0n) is 16.7. The number of carbonyl (C=O) groups is 2. The van der Waals surface area contributed by atoms with E-state index in [4.69, 9.17) is 16.7 Å². The summed E-state index contributed by atoms with van der Waals surface area (Å²) in [5, 5.41) is 9.01. The second-order valence-electron chi connectivity index (χ2n) is 6.75. The number of carbonyl (C=O) groups excluding carboxylic acids is 1. The van der Waals surface area contributed by atoms with Gasteiger partial charge in [0.25, 0.3) is 5.91 Å². The lowest BCUT2D eigenvalue weighted by Crippen LogP contribution is -2.43. The summed E-state index contributed by atoms with van der Waals surface area (Å²) in [4.78, 5) is 22.8. The highest BCUT2D eigenvalue weighted by atomic mass is 79.9. The number of nitrogens with zero attached hydrogens (tertiary/aromatic N) is 1. The van der Waals surface area contributed by atoms with E-state index in [9.17, 15) is 40.3 Å². The van der Waals surface area contributed by atoms with Crippen molar-refractivity contribution >= 4 is 45.4 Å². The van der Waals surface area contributed by atoms with Crippen LogP contribution in [0.3, 0.4) is 0 Å². The van der Waals surface area contributed by atoms with Crippen LogP contribution in [0.4, 0.5) is 35.5 Å². The van der Waals surface area contributed by atoms with E-state index in [1.807, 2.05) is 0 Å². The molecule has 2 amide bonds. The Balaban J connectivity index is 2.55. The molecule has 0 bridgehead atoms. The molecule has 2 N–H and O–H groups in total. The van der Waals surface area contributed by atoms with E-state index in [-0.39, 0.29) is 26.6 Å². The Labute approximate surface area is 200 Å². The van der Waals surface area contributed by atoms with Crippen LogP contribution in [0.5, 0.6) is 0 Å². The minimum absolute atomic E-state index is 0.0892. The van der Waals surface area contributed by atoms with Crippen LogP contribution in [-0.2, 0) is 6.18 Å². The molecule has 0 aromatic heterocycles. The molecule has 0 aliphatic carbocycles. The summed E-state index contributed by atoms with van der Waals surface area (Å²) in [7, 11) is 0.844. The van der Waals surface area contributed by atoms with Gasteiger partial charge in [0, 0.05) is 17.1 Å². The third kappa shape index (κ3) is 6.63. The molecule has 1 unspecified atom stereocenters. The van der Waals surface area contributed by atoms with Crippen LogP contribution in [0.15, 0.2) is 46.9 Å². The van der Waals surface area contributed by atoms with Crippen LogP contribution < -0.4 is 5.43 Å². The molecule has 0 saturated heterocycles. The van der Waals surface area contributed by atoms with Crippen molar-refractivity contribution < 1.29 is 45.4 Å². The molecule has 0 saturated carbocycles. The van der Waals surface area contributed by atoms with Crippen molar-refractivity contribution in [3.05, 3.63) is 74.2 Å². The Hall–Kier alpha value is -2.80. The number of hydrazine groups is 1. The monoisotopic (exact) mass is 576 g/mol. The molecule has 2 rings (SSSR count). The van der Waals surface area contributed by atoms with Crippen molar-refractivity contribution in [1.29, 1.82) is 0 Å². The summed E-state index contributed by atoms with van der Waals surface area (Å²) in [5.41, 5.74) is -2.38. The second-order valence-corrected chi connectivity index (χ2v) is 8.01. The highest BCUT2D eigenvalue weighted by molar-refractivity contribution is 9.10. The van der Waals surface area contributed by atoms with E-state index in [1.54, 1.807) is 5.43 Å². The normalized spacial score (nSPS) is 13.4. The van der Waals surface area contributed by atoms with E-state index in [1.165, 1.54) is 0 Å². The number of allylic oxidation sites excluding steroid dienone is 1. The molecule has 34 heavy (non-hydrogen) atoms. The number of alkyl halides is 6. The fourth-order valence-electron chi connectivity index (χ4n) is 2.71. The summed E-state index contributed by atoms with van der Waals surface area (Å²) in [6, 6.07) is 4.47. The van der Waals surface area contributed by atoms with Crippen molar-refractivity contribution in [3.8, 4) is 0 Å². The topological polar surface area (TPSA) is 69.6 Å². The van der Waals surface area contributed by atoms with Gasteiger partial charge in [0.15, 0.2) is 0 Å². The SMILES string of the molecule is CN(NC(=O)c1ccc(/C(F)=C/C(c2ccc(Cl)c(Br)c2)C(F)(F)F)cc1C(F)(F)F)C(=O)O. The average Bonchev–Trinajstić information content (AvgIpc) is 2.71. The van der Waals surface area contributed by atoms with Crippen LogP contribution in [-0.4, -0.2) is 35.3 Å². The Morgan fingerprint density at radius 3 is 2.24 bits per heavy atom. The number of carboxylic acid groups (broad SMARTS) is 1. The third-order valence-electron chi connectivity index (χ3n) is 4.37. The molecule has 5 nitrogen and oxygen atoms in total. The van der Waals surface area contributed by atoms with E-state index in [0.717, 1.165) is 25.2 Å². The van der Waals surface area contributed by atoms with Gasteiger partial charge in [-0.05, 0) is 51.8 Å². The highest BCUT2D eigenvalue weighted by Crippen LogP contribution is 2.41. The summed E-state index contributed by atoms with van der Waals surface area (Å²) < 4.78 is 96.1. The van der Waals surface area contributed by atoms with Crippen LogP contribution >= 0.6 is 27.5 Å². The molecule has 14 heteroatoms. The zero-order valence-corrected chi connectivity index (χ0v) is 19.1. The van der Waals surface area contributed by atoms with Gasteiger partial charge < -0.3 is 5.11 Å².